The van der Waals surface area contributed by atoms with E-state index >= 15 is 0 Å². The number of aromatic nitrogens is 1. The number of amides is 1. The van der Waals surface area contributed by atoms with Crippen molar-refractivity contribution in [3.8, 4) is 0 Å². The Balaban J connectivity index is 2.09. The van der Waals surface area contributed by atoms with Crippen LogP contribution in [0.5, 0.6) is 0 Å². The molecular formula is C16H25N3O6S. The Labute approximate surface area is 153 Å². The fourth-order valence-electron chi connectivity index (χ4n) is 2.56. The van der Waals surface area contributed by atoms with Gasteiger partial charge in [-0.05, 0) is 39.3 Å². The number of rotatable bonds is 3. The van der Waals surface area contributed by atoms with E-state index in [-0.39, 0.29) is 36.9 Å². The zero-order valence-corrected chi connectivity index (χ0v) is 16.5. The van der Waals surface area contributed by atoms with Crippen molar-refractivity contribution < 1.29 is 27.5 Å². The first-order chi connectivity index (χ1) is 12.0. The van der Waals surface area contributed by atoms with Crippen LogP contribution in [0.25, 0.3) is 0 Å². The van der Waals surface area contributed by atoms with Crippen LogP contribution in [0, 0.1) is 6.92 Å². The molecule has 10 heteroatoms. The number of aromatic amines is 1. The number of carbonyl (C=O) groups excluding carboxylic acids is 2. The maximum absolute atomic E-state index is 12.8. The lowest BCUT2D eigenvalue weighted by molar-refractivity contribution is 0.0192. The van der Waals surface area contributed by atoms with E-state index in [1.54, 1.807) is 27.7 Å². The van der Waals surface area contributed by atoms with Gasteiger partial charge in [0, 0.05) is 26.2 Å². The topological polar surface area (TPSA) is 109 Å². The van der Waals surface area contributed by atoms with Crippen LogP contribution in [0.15, 0.2) is 11.1 Å². The SMILES string of the molecule is COC(=O)c1[nH]c(S(=O)(=O)N2CCN(C(=O)OC(C)(C)C)CC2)cc1C. The van der Waals surface area contributed by atoms with E-state index in [0.717, 1.165) is 0 Å². The van der Waals surface area contributed by atoms with Gasteiger partial charge in [-0.15, -0.1) is 0 Å². The minimum atomic E-state index is -3.80. The van der Waals surface area contributed by atoms with Crippen molar-refractivity contribution in [2.45, 2.75) is 38.3 Å². The lowest BCUT2D eigenvalue weighted by Crippen LogP contribution is -2.51. The summed E-state index contributed by atoms with van der Waals surface area (Å²) in [6.07, 6.45) is -0.460. The number of esters is 1. The van der Waals surface area contributed by atoms with Crippen LogP contribution < -0.4 is 0 Å². The molecule has 1 N–H and O–H groups in total. The highest BCUT2D eigenvalue weighted by atomic mass is 32.2. The highest BCUT2D eigenvalue weighted by Crippen LogP contribution is 2.21. The molecular weight excluding hydrogens is 362 g/mol. The zero-order chi connectivity index (χ0) is 19.7. The average Bonchev–Trinajstić information content (AvgIpc) is 2.95. The highest BCUT2D eigenvalue weighted by molar-refractivity contribution is 7.89. The standard InChI is InChI=1S/C16H25N3O6S/c1-11-10-12(17-13(11)14(20)24-5)26(22,23)19-8-6-18(7-9-19)15(21)25-16(2,3)4/h10,17H,6-9H2,1-5H3. The monoisotopic (exact) mass is 387 g/mol. The minimum Gasteiger partial charge on any atom is -0.464 e. The van der Waals surface area contributed by atoms with Crippen molar-refractivity contribution in [1.82, 2.24) is 14.2 Å². The van der Waals surface area contributed by atoms with Gasteiger partial charge in [-0.1, -0.05) is 0 Å². The Kier molecular flexibility index (Phi) is 5.67. The first kappa shape index (κ1) is 20.2. The van der Waals surface area contributed by atoms with Gasteiger partial charge in [0.25, 0.3) is 10.0 Å². The third-order valence-electron chi connectivity index (χ3n) is 3.89. The number of nitrogens with zero attached hydrogens (tertiary/aromatic N) is 2. The molecule has 26 heavy (non-hydrogen) atoms. The number of hydrogen-bond acceptors (Lipinski definition) is 6. The van der Waals surface area contributed by atoms with Gasteiger partial charge >= 0.3 is 12.1 Å². The van der Waals surface area contributed by atoms with Gasteiger partial charge in [0.15, 0.2) is 0 Å². The molecule has 0 saturated carbocycles. The van der Waals surface area contributed by atoms with Crippen molar-refractivity contribution in [3.63, 3.8) is 0 Å². The van der Waals surface area contributed by atoms with Crippen molar-refractivity contribution in [3.05, 3.63) is 17.3 Å². The molecule has 1 aromatic heterocycles. The number of nitrogens with one attached hydrogen (secondary N) is 1. The van der Waals surface area contributed by atoms with E-state index in [2.05, 4.69) is 9.72 Å². The summed E-state index contributed by atoms with van der Waals surface area (Å²) in [4.78, 5) is 27.8. The van der Waals surface area contributed by atoms with E-state index in [1.165, 1.54) is 22.4 Å². The highest BCUT2D eigenvalue weighted by Gasteiger charge is 2.33. The van der Waals surface area contributed by atoms with E-state index < -0.39 is 27.7 Å². The number of carbonyl (C=O) groups is 2. The van der Waals surface area contributed by atoms with E-state index in [4.69, 9.17) is 4.74 Å². The smallest absolute Gasteiger partial charge is 0.410 e. The van der Waals surface area contributed by atoms with Crippen LogP contribution >= 0.6 is 0 Å². The van der Waals surface area contributed by atoms with Gasteiger partial charge in [0.05, 0.1) is 7.11 Å². The molecule has 1 amide bonds. The van der Waals surface area contributed by atoms with Crippen LogP contribution in [0.4, 0.5) is 4.79 Å². The molecule has 0 unspecified atom stereocenters. The summed E-state index contributed by atoms with van der Waals surface area (Å²) in [7, 11) is -2.57. The molecule has 1 fully saturated rings. The van der Waals surface area contributed by atoms with Crippen LogP contribution in [0.1, 0.15) is 36.8 Å². The molecule has 1 aliphatic rings. The van der Waals surface area contributed by atoms with Crippen molar-refractivity contribution >= 4 is 22.1 Å². The summed E-state index contributed by atoms with van der Waals surface area (Å²) < 4.78 is 36.8. The molecule has 1 aromatic rings. The lowest BCUT2D eigenvalue weighted by Gasteiger charge is -2.34. The van der Waals surface area contributed by atoms with Crippen LogP contribution in [0.3, 0.4) is 0 Å². The first-order valence-electron chi connectivity index (χ1n) is 8.21. The maximum atomic E-state index is 12.8. The number of aryl methyl sites for hydroxylation is 1. The summed E-state index contributed by atoms with van der Waals surface area (Å²) in [5.74, 6) is -0.626. The van der Waals surface area contributed by atoms with Gasteiger partial charge in [-0.25, -0.2) is 18.0 Å². The van der Waals surface area contributed by atoms with Gasteiger partial charge in [0.1, 0.15) is 16.3 Å². The van der Waals surface area contributed by atoms with Gasteiger partial charge in [-0.2, -0.15) is 4.31 Å². The number of sulfonamides is 1. The lowest BCUT2D eigenvalue weighted by atomic mass is 10.2. The summed E-state index contributed by atoms with van der Waals surface area (Å²) in [6, 6.07) is 1.40. The molecule has 0 bridgehead atoms. The molecule has 2 rings (SSSR count). The fraction of sp³-hybridized carbons (Fsp3) is 0.625. The summed E-state index contributed by atoms with van der Waals surface area (Å²) in [5, 5.41) is -0.0684. The Morgan fingerprint density at radius 2 is 1.73 bits per heavy atom. The molecule has 0 atom stereocenters. The number of ether oxygens (including phenoxy) is 2. The Morgan fingerprint density at radius 1 is 1.15 bits per heavy atom. The zero-order valence-electron chi connectivity index (χ0n) is 15.7. The molecule has 0 radical (unpaired) electrons. The van der Waals surface area contributed by atoms with E-state index in [9.17, 15) is 18.0 Å². The minimum absolute atomic E-state index is 0.0684. The number of hydrogen-bond donors (Lipinski definition) is 1. The number of piperazine rings is 1. The third kappa shape index (κ3) is 4.36. The Hall–Kier alpha value is -2.07. The predicted octanol–water partition coefficient (Wildman–Crippen LogP) is 1.35. The first-order valence-corrected chi connectivity index (χ1v) is 9.65. The second-order valence-electron chi connectivity index (χ2n) is 7.05. The van der Waals surface area contributed by atoms with E-state index in [0.29, 0.717) is 5.56 Å². The molecule has 146 valence electrons. The maximum Gasteiger partial charge on any atom is 0.410 e. The molecule has 0 aliphatic carbocycles. The second-order valence-corrected chi connectivity index (χ2v) is 8.96. The third-order valence-corrected chi connectivity index (χ3v) is 5.71. The van der Waals surface area contributed by atoms with E-state index in [1.807, 2.05) is 0 Å². The molecule has 1 saturated heterocycles. The molecule has 1 aliphatic heterocycles. The number of H-pyrrole nitrogens is 1. The fourth-order valence-corrected chi connectivity index (χ4v) is 4.04. The van der Waals surface area contributed by atoms with Crippen molar-refractivity contribution in [1.29, 1.82) is 0 Å². The van der Waals surface area contributed by atoms with Crippen molar-refractivity contribution in [2.24, 2.45) is 0 Å². The van der Waals surface area contributed by atoms with Crippen LogP contribution in [-0.2, 0) is 19.5 Å². The van der Waals surface area contributed by atoms with Crippen LogP contribution in [-0.4, -0.2) is 73.6 Å². The van der Waals surface area contributed by atoms with Gasteiger partial charge in [-0.3, -0.25) is 0 Å². The van der Waals surface area contributed by atoms with Crippen LogP contribution in [0.2, 0.25) is 0 Å². The summed E-state index contributed by atoms with van der Waals surface area (Å²) in [6.45, 7) is 7.71. The molecule has 0 aromatic carbocycles. The normalized spacial score (nSPS) is 16.4. The molecule has 2 heterocycles. The number of methoxy groups -OCH3 is 1. The average molecular weight is 387 g/mol. The Morgan fingerprint density at radius 3 is 2.23 bits per heavy atom. The predicted molar refractivity (Wildman–Crippen MR) is 93.4 cm³/mol. The van der Waals surface area contributed by atoms with Gasteiger partial charge < -0.3 is 19.4 Å². The quantitative estimate of drug-likeness (QED) is 0.784. The molecule has 9 nitrogen and oxygen atoms in total. The van der Waals surface area contributed by atoms with Gasteiger partial charge in [0.2, 0.25) is 0 Å². The van der Waals surface area contributed by atoms with Crippen molar-refractivity contribution in [2.75, 3.05) is 33.3 Å². The summed E-state index contributed by atoms with van der Waals surface area (Å²) >= 11 is 0. The second kappa shape index (κ2) is 7.28. The largest absolute Gasteiger partial charge is 0.464 e. The Bertz CT molecular complexity index is 785. The summed E-state index contributed by atoms with van der Waals surface area (Å²) in [5.41, 5.74) is -0.00640. The molecule has 0 spiro atoms.